The molecule has 1 heterocycles. The Hall–Kier alpha value is -3.28. The molecule has 2 N–H and O–H groups in total. The summed E-state index contributed by atoms with van der Waals surface area (Å²) in [6, 6.07) is 14.8. The largest absolute Gasteiger partial charge is 0.497 e. The van der Waals surface area contributed by atoms with Gasteiger partial charge in [0.2, 0.25) is 5.91 Å². The second-order valence-electron chi connectivity index (χ2n) is 6.53. The summed E-state index contributed by atoms with van der Waals surface area (Å²) in [5, 5.41) is 4.08. The summed E-state index contributed by atoms with van der Waals surface area (Å²) in [4.78, 5) is 27.6. The Balaban J connectivity index is 1.66. The number of nitrogens with one attached hydrogen (secondary N) is 2. The van der Waals surface area contributed by atoms with Crippen LogP contribution in [0.4, 0.5) is 0 Å². The number of hydrogen-bond donors (Lipinski definition) is 2. The molecule has 0 radical (unpaired) electrons. The highest BCUT2D eigenvalue weighted by molar-refractivity contribution is 5.84. The fourth-order valence-electron chi connectivity index (χ4n) is 3.19. The highest BCUT2D eigenvalue weighted by Gasteiger charge is 2.19. The minimum atomic E-state index is -0.450. The lowest BCUT2D eigenvalue weighted by atomic mass is 10.0. The van der Waals surface area contributed by atoms with Crippen molar-refractivity contribution in [3.05, 3.63) is 65.9 Å². The molecule has 1 atom stereocenters. The van der Waals surface area contributed by atoms with Gasteiger partial charge in [0, 0.05) is 23.5 Å². The van der Waals surface area contributed by atoms with Crippen LogP contribution in [0.1, 0.15) is 30.0 Å². The molecule has 0 aliphatic heterocycles. The van der Waals surface area contributed by atoms with Crippen LogP contribution in [0.5, 0.6) is 5.75 Å². The number of aromatic nitrogens is 1. The molecule has 6 heteroatoms. The molecule has 2 aromatic carbocycles. The molecule has 0 aliphatic carbocycles. The maximum absolute atomic E-state index is 12.6. The van der Waals surface area contributed by atoms with Crippen LogP contribution in [0.2, 0.25) is 0 Å². The molecule has 146 valence electrons. The number of ether oxygens (including phenoxy) is 2. The summed E-state index contributed by atoms with van der Waals surface area (Å²) in [6.07, 6.45) is 2.95. The Morgan fingerprint density at radius 2 is 1.82 bits per heavy atom. The van der Waals surface area contributed by atoms with Crippen LogP contribution < -0.4 is 10.1 Å². The number of aromatic amines is 1. The normalized spacial score (nSPS) is 11.8. The van der Waals surface area contributed by atoms with Crippen LogP contribution >= 0.6 is 0 Å². The predicted molar refractivity (Wildman–Crippen MR) is 107 cm³/mol. The van der Waals surface area contributed by atoms with E-state index in [-0.39, 0.29) is 18.3 Å². The van der Waals surface area contributed by atoms with Crippen molar-refractivity contribution in [2.24, 2.45) is 0 Å². The van der Waals surface area contributed by atoms with Crippen molar-refractivity contribution in [3.8, 4) is 5.75 Å². The average Bonchev–Trinajstić information content (AvgIpc) is 3.15. The van der Waals surface area contributed by atoms with E-state index in [4.69, 9.17) is 9.47 Å². The average molecular weight is 380 g/mol. The minimum absolute atomic E-state index is 0.0711. The number of benzene rings is 2. The van der Waals surface area contributed by atoms with E-state index in [1.54, 1.807) is 19.2 Å². The zero-order valence-electron chi connectivity index (χ0n) is 16.0. The fourth-order valence-corrected chi connectivity index (χ4v) is 3.19. The first kappa shape index (κ1) is 19.5. The van der Waals surface area contributed by atoms with Gasteiger partial charge in [-0.05, 0) is 35.7 Å². The topological polar surface area (TPSA) is 80.4 Å². The lowest BCUT2D eigenvalue weighted by Gasteiger charge is -2.18. The molecule has 6 nitrogen and oxygen atoms in total. The molecule has 1 aromatic heterocycles. The third kappa shape index (κ3) is 4.71. The number of H-pyrrole nitrogens is 1. The first-order chi connectivity index (χ1) is 13.6. The molecule has 0 bridgehead atoms. The number of rotatable bonds is 8. The van der Waals surface area contributed by atoms with Crippen molar-refractivity contribution in [1.82, 2.24) is 10.3 Å². The van der Waals surface area contributed by atoms with Crippen molar-refractivity contribution in [2.75, 3.05) is 14.2 Å². The van der Waals surface area contributed by atoms with Gasteiger partial charge in [0.1, 0.15) is 5.75 Å². The van der Waals surface area contributed by atoms with E-state index in [9.17, 15) is 9.59 Å². The van der Waals surface area contributed by atoms with Crippen LogP contribution in [0.15, 0.2) is 54.7 Å². The maximum Gasteiger partial charge on any atom is 0.307 e. The van der Waals surface area contributed by atoms with Crippen LogP contribution in [0, 0.1) is 0 Å². The first-order valence-corrected chi connectivity index (χ1v) is 9.16. The number of hydrogen-bond acceptors (Lipinski definition) is 4. The molecular weight excluding hydrogens is 356 g/mol. The lowest BCUT2D eigenvalue weighted by Crippen LogP contribution is -2.30. The zero-order chi connectivity index (χ0) is 19.9. The third-order valence-corrected chi connectivity index (χ3v) is 4.75. The molecule has 0 saturated carbocycles. The second kappa shape index (κ2) is 9.08. The fraction of sp³-hybridized carbons (Fsp3) is 0.273. The third-order valence-electron chi connectivity index (χ3n) is 4.75. The summed E-state index contributed by atoms with van der Waals surface area (Å²) in [7, 11) is 2.93. The van der Waals surface area contributed by atoms with Crippen LogP contribution in [-0.4, -0.2) is 31.1 Å². The van der Waals surface area contributed by atoms with Gasteiger partial charge in [0.15, 0.2) is 0 Å². The Kier molecular flexibility index (Phi) is 6.32. The van der Waals surface area contributed by atoms with Crippen molar-refractivity contribution < 1.29 is 19.1 Å². The second-order valence-corrected chi connectivity index (χ2v) is 6.53. The standard InChI is InChI=1S/C22H24N2O4/c1-27-17-10-7-15(8-11-17)20(13-22(26)28-2)24-21(25)12-9-16-14-23-19-6-4-3-5-18(16)19/h3-8,10-11,14,20,23H,9,12-13H2,1-2H3,(H,24,25). The molecule has 28 heavy (non-hydrogen) atoms. The number of esters is 1. The Labute approximate surface area is 163 Å². The van der Waals surface area contributed by atoms with E-state index in [0.717, 1.165) is 22.0 Å². The van der Waals surface area contributed by atoms with Gasteiger partial charge in [0.25, 0.3) is 0 Å². The number of amides is 1. The highest BCUT2D eigenvalue weighted by atomic mass is 16.5. The molecule has 3 rings (SSSR count). The minimum Gasteiger partial charge on any atom is -0.497 e. The molecule has 3 aromatic rings. The van der Waals surface area contributed by atoms with Gasteiger partial charge in [-0.15, -0.1) is 0 Å². The lowest BCUT2D eigenvalue weighted by molar-refractivity contribution is -0.141. The number of carbonyl (C=O) groups excluding carboxylic acids is 2. The summed E-state index contributed by atoms with van der Waals surface area (Å²) in [6.45, 7) is 0. The van der Waals surface area contributed by atoms with Gasteiger partial charge in [-0.2, -0.15) is 0 Å². The monoisotopic (exact) mass is 380 g/mol. The smallest absolute Gasteiger partial charge is 0.307 e. The summed E-state index contributed by atoms with van der Waals surface area (Å²) < 4.78 is 9.94. The Morgan fingerprint density at radius 1 is 1.07 bits per heavy atom. The summed E-state index contributed by atoms with van der Waals surface area (Å²) in [5.74, 6) is 0.221. The molecular formula is C22H24N2O4. The molecule has 1 amide bonds. The first-order valence-electron chi connectivity index (χ1n) is 9.16. The number of aryl methyl sites for hydroxylation is 1. The van der Waals surface area contributed by atoms with E-state index in [1.165, 1.54) is 7.11 Å². The predicted octanol–water partition coefficient (Wildman–Crippen LogP) is 3.53. The highest BCUT2D eigenvalue weighted by Crippen LogP contribution is 2.22. The quantitative estimate of drug-likeness (QED) is 0.586. The van der Waals surface area contributed by atoms with Crippen molar-refractivity contribution in [2.45, 2.75) is 25.3 Å². The maximum atomic E-state index is 12.6. The van der Waals surface area contributed by atoms with E-state index in [1.807, 2.05) is 42.6 Å². The zero-order valence-corrected chi connectivity index (χ0v) is 16.0. The van der Waals surface area contributed by atoms with E-state index in [2.05, 4.69) is 10.3 Å². The molecule has 1 unspecified atom stereocenters. The SMILES string of the molecule is COC(=O)CC(NC(=O)CCc1c[nH]c2ccccc12)c1ccc(OC)cc1. The van der Waals surface area contributed by atoms with Gasteiger partial charge in [-0.25, -0.2) is 0 Å². The van der Waals surface area contributed by atoms with E-state index in [0.29, 0.717) is 18.6 Å². The number of carbonyl (C=O) groups is 2. The summed E-state index contributed by atoms with van der Waals surface area (Å²) >= 11 is 0. The van der Waals surface area contributed by atoms with Crippen LogP contribution in [0.3, 0.4) is 0 Å². The number of para-hydroxylation sites is 1. The molecule has 0 saturated heterocycles. The Morgan fingerprint density at radius 3 is 2.54 bits per heavy atom. The molecule has 0 spiro atoms. The van der Waals surface area contributed by atoms with Gasteiger partial charge < -0.3 is 19.8 Å². The molecule has 0 aliphatic rings. The Bertz CT molecular complexity index is 947. The van der Waals surface area contributed by atoms with E-state index < -0.39 is 6.04 Å². The van der Waals surface area contributed by atoms with Gasteiger partial charge in [-0.3, -0.25) is 9.59 Å². The van der Waals surface area contributed by atoms with Gasteiger partial charge in [-0.1, -0.05) is 30.3 Å². The van der Waals surface area contributed by atoms with Gasteiger partial charge in [0.05, 0.1) is 26.7 Å². The number of methoxy groups -OCH3 is 2. The summed E-state index contributed by atoms with van der Waals surface area (Å²) in [5.41, 5.74) is 2.98. The van der Waals surface area contributed by atoms with Crippen molar-refractivity contribution in [3.63, 3.8) is 0 Å². The molecule has 0 fully saturated rings. The van der Waals surface area contributed by atoms with Crippen LogP contribution in [0.25, 0.3) is 10.9 Å². The van der Waals surface area contributed by atoms with Gasteiger partial charge >= 0.3 is 5.97 Å². The van der Waals surface area contributed by atoms with Crippen molar-refractivity contribution in [1.29, 1.82) is 0 Å². The number of fused-ring (bicyclic) bond motifs is 1. The van der Waals surface area contributed by atoms with E-state index >= 15 is 0 Å². The van der Waals surface area contributed by atoms with Crippen molar-refractivity contribution >= 4 is 22.8 Å². The van der Waals surface area contributed by atoms with Crippen LogP contribution in [-0.2, 0) is 20.7 Å².